The SMILES string of the molecule is C=CC(=O)Nc1cccc(-n2c(=O)c(C#N)cc3cnc(Nc4ccc(N5CCN(C)CC5)cc4OC)nc32)c1. The van der Waals surface area contributed by atoms with Crippen LogP contribution in [0.1, 0.15) is 5.56 Å². The summed E-state index contributed by atoms with van der Waals surface area (Å²) in [4.78, 5) is 38.8. The normalized spacial score (nSPS) is 13.5. The third-order valence-electron chi connectivity index (χ3n) is 6.72. The zero-order valence-electron chi connectivity index (χ0n) is 22.2. The average molecular weight is 537 g/mol. The van der Waals surface area contributed by atoms with Crippen LogP contribution >= 0.6 is 0 Å². The van der Waals surface area contributed by atoms with Crippen molar-refractivity contribution in [3.8, 4) is 17.5 Å². The second-order valence-corrected chi connectivity index (χ2v) is 9.33. The summed E-state index contributed by atoms with van der Waals surface area (Å²) in [5, 5.41) is 16.0. The van der Waals surface area contributed by atoms with Gasteiger partial charge < -0.3 is 25.2 Å². The summed E-state index contributed by atoms with van der Waals surface area (Å²) in [6.45, 7) is 7.31. The Morgan fingerprint density at radius 1 is 1.12 bits per heavy atom. The molecule has 0 saturated carbocycles. The molecule has 202 valence electrons. The highest BCUT2D eigenvalue weighted by atomic mass is 16.5. The van der Waals surface area contributed by atoms with Crippen molar-refractivity contribution in [1.82, 2.24) is 19.4 Å². The van der Waals surface area contributed by atoms with Crippen molar-refractivity contribution in [3.63, 3.8) is 0 Å². The largest absolute Gasteiger partial charge is 0.494 e. The second-order valence-electron chi connectivity index (χ2n) is 9.33. The quantitative estimate of drug-likeness (QED) is 0.342. The first-order valence-electron chi connectivity index (χ1n) is 12.7. The number of rotatable bonds is 7. The number of methoxy groups -OCH3 is 1. The molecular formula is C29H28N8O3. The zero-order chi connectivity index (χ0) is 28.2. The summed E-state index contributed by atoms with van der Waals surface area (Å²) < 4.78 is 7.00. The first-order chi connectivity index (χ1) is 19.4. The number of piperazine rings is 1. The number of benzene rings is 2. The number of nitrogens with one attached hydrogen (secondary N) is 2. The van der Waals surface area contributed by atoms with Crippen molar-refractivity contribution in [1.29, 1.82) is 5.26 Å². The van der Waals surface area contributed by atoms with Crippen molar-refractivity contribution in [2.45, 2.75) is 0 Å². The van der Waals surface area contributed by atoms with Crippen molar-refractivity contribution >= 4 is 40.0 Å². The molecule has 11 heteroatoms. The lowest BCUT2D eigenvalue weighted by Crippen LogP contribution is -2.44. The minimum atomic E-state index is -0.541. The van der Waals surface area contributed by atoms with Gasteiger partial charge in [-0.1, -0.05) is 12.6 Å². The van der Waals surface area contributed by atoms with Gasteiger partial charge in [0.2, 0.25) is 11.9 Å². The Balaban J connectivity index is 1.53. The van der Waals surface area contributed by atoms with Crippen molar-refractivity contribution in [2.24, 2.45) is 0 Å². The van der Waals surface area contributed by atoms with Crippen LogP contribution in [0.25, 0.3) is 16.7 Å². The van der Waals surface area contributed by atoms with Gasteiger partial charge in [0.25, 0.3) is 5.56 Å². The van der Waals surface area contributed by atoms with Crippen LogP contribution < -0.4 is 25.8 Å². The maximum atomic E-state index is 13.3. The van der Waals surface area contributed by atoms with E-state index in [9.17, 15) is 14.9 Å². The van der Waals surface area contributed by atoms with E-state index in [-0.39, 0.29) is 17.4 Å². The molecule has 0 unspecified atom stereocenters. The van der Waals surface area contributed by atoms with Crippen LogP contribution in [-0.4, -0.2) is 65.7 Å². The molecule has 11 nitrogen and oxygen atoms in total. The van der Waals surface area contributed by atoms with E-state index >= 15 is 0 Å². The minimum Gasteiger partial charge on any atom is -0.494 e. The zero-order valence-corrected chi connectivity index (χ0v) is 22.2. The number of fused-ring (bicyclic) bond motifs is 1. The fourth-order valence-corrected chi connectivity index (χ4v) is 4.56. The lowest BCUT2D eigenvalue weighted by atomic mass is 10.2. The first-order valence-corrected chi connectivity index (χ1v) is 12.7. The molecule has 0 radical (unpaired) electrons. The molecule has 0 spiro atoms. The molecule has 0 aliphatic carbocycles. The molecule has 2 aromatic heterocycles. The van der Waals surface area contributed by atoms with Gasteiger partial charge in [0.1, 0.15) is 17.4 Å². The number of aromatic nitrogens is 3. The Morgan fingerprint density at radius 3 is 2.65 bits per heavy atom. The van der Waals surface area contributed by atoms with E-state index < -0.39 is 5.56 Å². The number of pyridine rings is 1. The van der Waals surface area contributed by atoms with Gasteiger partial charge in [0, 0.05) is 55.2 Å². The van der Waals surface area contributed by atoms with Gasteiger partial charge in [-0.15, -0.1) is 0 Å². The highest BCUT2D eigenvalue weighted by Gasteiger charge is 2.18. The smallest absolute Gasteiger partial charge is 0.274 e. The number of anilines is 4. The topological polar surface area (TPSA) is 128 Å². The molecule has 1 aliphatic heterocycles. The summed E-state index contributed by atoms with van der Waals surface area (Å²) in [6, 6.07) is 16.0. The van der Waals surface area contributed by atoms with E-state index in [4.69, 9.17) is 4.74 Å². The van der Waals surface area contributed by atoms with Crippen LogP contribution in [0, 0.1) is 11.3 Å². The summed E-state index contributed by atoms with van der Waals surface area (Å²) in [5.41, 5.74) is 2.31. The van der Waals surface area contributed by atoms with Crippen LogP contribution in [0.15, 0.2) is 72.2 Å². The number of carbonyl (C=O) groups is 1. The lowest BCUT2D eigenvalue weighted by Gasteiger charge is -2.34. The lowest BCUT2D eigenvalue weighted by molar-refractivity contribution is -0.111. The van der Waals surface area contributed by atoms with Crippen LogP contribution in [0.3, 0.4) is 0 Å². The van der Waals surface area contributed by atoms with E-state index in [1.54, 1.807) is 37.6 Å². The van der Waals surface area contributed by atoms with Gasteiger partial charge in [0.05, 0.1) is 18.5 Å². The fraction of sp³-hybridized carbons (Fsp3) is 0.207. The van der Waals surface area contributed by atoms with Crippen LogP contribution in [0.2, 0.25) is 0 Å². The maximum Gasteiger partial charge on any atom is 0.274 e. The number of carbonyl (C=O) groups excluding carboxylic acids is 1. The number of hydrogen-bond acceptors (Lipinski definition) is 9. The fourth-order valence-electron chi connectivity index (χ4n) is 4.56. The molecule has 4 aromatic rings. The number of nitriles is 1. The number of ether oxygens (including phenoxy) is 1. The van der Waals surface area contributed by atoms with Crippen LogP contribution in [-0.2, 0) is 4.79 Å². The Labute approximate surface area is 230 Å². The number of amides is 1. The maximum absolute atomic E-state index is 13.3. The van der Waals surface area contributed by atoms with Crippen LogP contribution in [0.5, 0.6) is 5.75 Å². The molecule has 5 rings (SSSR count). The Hall–Kier alpha value is -5.21. The third kappa shape index (κ3) is 5.34. The molecule has 2 N–H and O–H groups in total. The molecule has 1 amide bonds. The Bertz CT molecular complexity index is 1700. The third-order valence-corrected chi connectivity index (χ3v) is 6.72. The summed E-state index contributed by atoms with van der Waals surface area (Å²) in [7, 11) is 3.72. The second kappa shape index (κ2) is 11.3. The first kappa shape index (κ1) is 26.4. The molecule has 40 heavy (non-hydrogen) atoms. The number of likely N-dealkylation sites (N-methyl/N-ethyl adjacent to an activating group) is 1. The van der Waals surface area contributed by atoms with E-state index in [1.165, 1.54) is 10.6 Å². The predicted molar refractivity (Wildman–Crippen MR) is 155 cm³/mol. The van der Waals surface area contributed by atoms with Gasteiger partial charge in [-0.3, -0.25) is 14.2 Å². The van der Waals surface area contributed by atoms with E-state index in [2.05, 4.69) is 44.0 Å². The highest BCUT2D eigenvalue weighted by molar-refractivity contribution is 5.99. The summed E-state index contributed by atoms with van der Waals surface area (Å²) >= 11 is 0. The Morgan fingerprint density at radius 2 is 1.93 bits per heavy atom. The molecule has 3 heterocycles. The summed E-state index contributed by atoms with van der Waals surface area (Å²) in [5.74, 6) is 0.483. The number of hydrogen-bond donors (Lipinski definition) is 2. The van der Waals surface area contributed by atoms with Crippen molar-refractivity contribution in [3.05, 3.63) is 83.3 Å². The minimum absolute atomic E-state index is 0.0569. The predicted octanol–water partition coefficient (Wildman–Crippen LogP) is 3.28. The summed E-state index contributed by atoms with van der Waals surface area (Å²) in [6.07, 6.45) is 2.71. The van der Waals surface area contributed by atoms with Crippen molar-refractivity contribution in [2.75, 3.05) is 55.9 Å². The highest BCUT2D eigenvalue weighted by Crippen LogP contribution is 2.32. The number of nitrogens with zero attached hydrogens (tertiary/aromatic N) is 6. The Kier molecular flexibility index (Phi) is 7.43. The van der Waals surface area contributed by atoms with Gasteiger partial charge in [-0.25, -0.2) is 4.98 Å². The molecule has 1 saturated heterocycles. The molecule has 1 aliphatic rings. The molecular weight excluding hydrogens is 508 g/mol. The monoisotopic (exact) mass is 536 g/mol. The van der Waals surface area contributed by atoms with Crippen molar-refractivity contribution < 1.29 is 9.53 Å². The van der Waals surface area contributed by atoms with E-state index in [0.717, 1.165) is 37.9 Å². The molecule has 1 fully saturated rings. The van der Waals surface area contributed by atoms with Gasteiger partial charge in [-0.05, 0) is 49.5 Å². The van der Waals surface area contributed by atoms with Crippen LogP contribution in [0.4, 0.5) is 23.0 Å². The average Bonchev–Trinajstić information content (AvgIpc) is 2.97. The van der Waals surface area contributed by atoms with E-state index in [0.29, 0.717) is 33.8 Å². The van der Waals surface area contributed by atoms with Gasteiger partial charge >= 0.3 is 0 Å². The molecule has 0 atom stereocenters. The van der Waals surface area contributed by atoms with E-state index in [1.807, 2.05) is 24.3 Å². The van der Waals surface area contributed by atoms with Gasteiger partial charge in [0.15, 0.2) is 5.65 Å². The van der Waals surface area contributed by atoms with Gasteiger partial charge in [-0.2, -0.15) is 10.2 Å². The molecule has 2 aromatic carbocycles. The standard InChI is InChI=1S/C29H28N8O3/c1-4-26(38)32-21-6-5-7-23(15-21)37-27-20(14-19(17-30)28(37)39)18-31-29(34-27)33-24-9-8-22(16-25(24)40-3)36-12-10-35(2)11-13-36/h4-9,14-16,18H,1,10-13H2,2-3H3,(H,32,38)(H,31,33,34). The molecule has 0 bridgehead atoms.